The molecule has 0 saturated heterocycles. The topological polar surface area (TPSA) is 125 Å². The molecule has 10 rings (SSSR count). The van der Waals surface area contributed by atoms with Gasteiger partial charge in [0.15, 0.2) is 0 Å². The molecule has 0 atom stereocenters. The highest BCUT2D eigenvalue weighted by Crippen LogP contribution is 2.49. The lowest BCUT2D eigenvalue weighted by atomic mass is 9.82. The number of hydrogen-bond donors (Lipinski definition) is 2. The molecule has 366 valence electrons. The first kappa shape index (κ1) is 49.9. The zero-order chi connectivity index (χ0) is 52.8. The van der Waals surface area contributed by atoms with Crippen LogP contribution in [0.4, 0.5) is 17.1 Å². The smallest absolute Gasteiger partial charge is 0.346 e. The van der Waals surface area contributed by atoms with E-state index in [9.17, 15) is 19.8 Å². The highest BCUT2D eigenvalue weighted by atomic mass is 32.1. The van der Waals surface area contributed by atoms with E-state index in [4.69, 9.17) is 10.5 Å². The SMILES string of the molecule is CC1(C)c2ccccc2-c2ccc(C=Cc3ccc(N(c4ccc(C=Cc5ccc(-c6ccc(C=C(C#N)C(=O)O)s6)cc5)cc4)c4ccc(C=Cc5ccc(-c6ccc(C=C(C#N)C(=O)O)s6)cc5)cc4)cc3)cc21. The van der Waals surface area contributed by atoms with E-state index in [1.807, 2.05) is 48.5 Å². The number of nitriles is 2. The lowest BCUT2D eigenvalue weighted by Gasteiger charge is -2.26. The van der Waals surface area contributed by atoms with Gasteiger partial charge in [-0.1, -0.05) is 178 Å². The first-order chi connectivity index (χ1) is 36.9. The quantitative estimate of drug-likeness (QED) is 0.0595. The summed E-state index contributed by atoms with van der Waals surface area (Å²) in [6.45, 7) is 4.61. The van der Waals surface area contributed by atoms with Crippen LogP contribution in [0.5, 0.6) is 0 Å². The van der Waals surface area contributed by atoms with Crippen LogP contribution in [0.3, 0.4) is 0 Å². The zero-order valence-electron chi connectivity index (χ0n) is 41.4. The Morgan fingerprint density at radius 1 is 0.447 bits per heavy atom. The highest BCUT2D eigenvalue weighted by molar-refractivity contribution is 7.16. The van der Waals surface area contributed by atoms with Crippen molar-refractivity contribution >= 4 is 100 Å². The van der Waals surface area contributed by atoms with Crippen LogP contribution in [-0.4, -0.2) is 22.2 Å². The van der Waals surface area contributed by atoms with Crippen molar-refractivity contribution in [1.82, 2.24) is 0 Å². The van der Waals surface area contributed by atoms with Crippen molar-refractivity contribution in [2.75, 3.05) is 4.90 Å². The molecule has 1 aliphatic rings. The monoisotopic (exact) mass is 1020 g/mol. The van der Waals surface area contributed by atoms with Gasteiger partial charge in [0.1, 0.15) is 23.3 Å². The van der Waals surface area contributed by atoms with E-state index in [1.54, 1.807) is 12.1 Å². The molecule has 7 nitrogen and oxygen atoms in total. The lowest BCUT2D eigenvalue weighted by molar-refractivity contribution is -0.133. The third kappa shape index (κ3) is 11.0. The number of carbonyl (C=O) groups is 2. The normalized spacial score (nSPS) is 12.9. The second-order valence-electron chi connectivity index (χ2n) is 18.7. The molecule has 0 aliphatic heterocycles. The van der Waals surface area contributed by atoms with Crippen LogP contribution in [0, 0.1) is 22.7 Å². The van der Waals surface area contributed by atoms with Crippen LogP contribution >= 0.6 is 22.7 Å². The summed E-state index contributed by atoms with van der Waals surface area (Å²) in [7, 11) is 0. The summed E-state index contributed by atoms with van der Waals surface area (Å²) in [5.41, 5.74) is 16.2. The number of carboxylic acid groups (broad SMARTS) is 2. The lowest BCUT2D eigenvalue weighted by Crippen LogP contribution is -2.14. The maximum atomic E-state index is 11.3. The molecule has 2 aromatic heterocycles. The van der Waals surface area contributed by atoms with E-state index in [2.05, 4.69) is 195 Å². The zero-order valence-corrected chi connectivity index (χ0v) is 43.0. The number of rotatable bonds is 15. The number of carboxylic acids is 2. The van der Waals surface area contributed by atoms with Crippen LogP contribution in [0.2, 0.25) is 0 Å². The molecule has 7 aromatic carbocycles. The number of thiophene rings is 2. The Balaban J connectivity index is 0.870. The largest absolute Gasteiger partial charge is 0.477 e. The minimum Gasteiger partial charge on any atom is -0.477 e. The minimum absolute atomic E-state index is 0.0627. The fourth-order valence-corrected chi connectivity index (χ4v) is 11.2. The molecular formula is C67H47N3O4S2. The van der Waals surface area contributed by atoms with Crippen molar-refractivity contribution in [3.05, 3.63) is 253 Å². The molecule has 2 heterocycles. The Morgan fingerprint density at radius 2 is 0.803 bits per heavy atom. The molecule has 2 N–H and O–H groups in total. The molecular weight excluding hydrogens is 975 g/mol. The number of anilines is 3. The Bertz CT molecular complexity index is 3720. The van der Waals surface area contributed by atoms with Gasteiger partial charge in [-0.2, -0.15) is 10.5 Å². The summed E-state index contributed by atoms with van der Waals surface area (Å²) < 4.78 is 0. The van der Waals surface area contributed by atoms with Gasteiger partial charge in [0, 0.05) is 42.0 Å². The van der Waals surface area contributed by atoms with E-state index in [1.165, 1.54) is 57.1 Å². The second kappa shape index (κ2) is 21.8. The molecule has 76 heavy (non-hydrogen) atoms. The van der Waals surface area contributed by atoms with Gasteiger partial charge in [-0.25, -0.2) is 9.59 Å². The fraction of sp³-hybridized carbons (Fsp3) is 0.0448. The second-order valence-corrected chi connectivity index (χ2v) is 20.9. The van der Waals surface area contributed by atoms with Gasteiger partial charge in [0.2, 0.25) is 0 Å². The fourth-order valence-electron chi connectivity index (χ4n) is 9.31. The average Bonchev–Trinajstić information content (AvgIpc) is 4.20. The Kier molecular flexibility index (Phi) is 14.3. The first-order valence-corrected chi connectivity index (χ1v) is 26.1. The van der Waals surface area contributed by atoms with Crippen LogP contribution in [0.25, 0.3) is 80.6 Å². The summed E-state index contributed by atoms with van der Waals surface area (Å²) in [5, 5.41) is 36.8. The summed E-state index contributed by atoms with van der Waals surface area (Å²) in [4.78, 5) is 28.3. The van der Waals surface area contributed by atoms with Gasteiger partial charge < -0.3 is 15.1 Å². The van der Waals surface area contributed by atoms with Crippen LogP contribution in [-0.2, 0) is 15.0 Å². The Hall–Kier alpha value is -9.64. The summed E-state index contributed by atoms with van der Waals surface area (Å²) in [5.74, 6) is -2.48. The van der Waals surface area contributed by atoms with Crippen molar-refractivity contribution < 1.29 is 19.8 Å². The van der Waals surface area contributed by atoms with Crippen LogP contribution in [0.1, 0.15) is 68.1 Å². The molecule has 0 spiro atoms. The van der Waals surface area contributed by atoms with E-state index >= 15 is 0 Å². The Labute approximate surface area is 449 Å². The predicted molar refractivity (Wildman–Crippen MR) is 314 cm³/mol. The summed E-state index contributed by atoms with van der Waals surface area (Å²) in [6.07, 6.45) is 15.5. The third-order valence-electron chi connectivity index (χ3n) is 13.4. The Morgan fingerprint density at radius 3 is 1.20 bits per heavy atom. The van der Waals surface area contributed by atoms with Gasteiger partial charge in [-0.05, 0) is 140 Å². The maximum absolute atomic E-state index is 11.3. The number of aliphatic carboxylic acids is 2. The van der Waals surface area contributed by atoms with E-state index in [0.717, 1.165) is 71.3 Å². The molecule has 0 bridgehead atoms. The van der Waals surface area contributed by atoms with Gasteiger partial charge >= 0.3 is 11.9 Å². The van der Waals surface area contributed by atoms with Crippen LogP contribution in [0.15, 0.2) is 199 Å². The van der Waals surface area contributed by atoms with Crippen molar-refractivity contribution in [2.45, 2.75) is 19.3 Å². The molecule has 0 saturated carbocycles. The van der Waals surface area contributed by atoms with Crippen molar-refractivity contribution in [3.63, 3.8) is 0 Å². The third-order valence-corrected chi connectivity index (χ3v) is 15.5. The van der Waals surface area contributed by atoms with Crippen LogP contribution < -0.4 is 4.90 Å². The van der Waals surface area contributed by atoms with Gasteiger partial charge in [0.05, 0.1) is 0 Å². The average molecular weight is 1020 g/mol. The predicted octanol–water partition coefficient (Wildman–Crippen LogP) is 17.4. The van der Waals surface area contributed by atoms with E-state index < -0.39 is 11.9 Å². The maximum Gasteiger partial charge on any atom is 0.346 e. The first-order valence-electron chi connectivity index (χ1n) is 24.4. The number of nitrogens with zero attached hydrogens (tertiary/aromatic N) is 3. The van der Waals surface area contributed by atoms with Gasteiger partial charge in [-0.15, -0.1) is 22.7 Å². The number of benzene rings is 7. The molecule has 1 aliphatic carbocycles. The molecule has 9 aromatic rings. The standard InChI is InChI=1S/C67H47N3O4S2/c1-67(2)61-6-4-3-5-59(61)60-36-23-49(39-62(60)67)12-11-48-21-32-56(33-22-48)70(54-28-17-46(18-29-54)9-7-44-13-24-50(25-14-44)63-37-34-57(75-63)40-52(42-68)65(71)72)55-30-19-47(20-31-55)10-8-45-15-26-51(27-16-45)64-38-35-58(76-64)41-53(43-69)66(73)74/h3-41H,1-2H3,(H,71,72)(H,73,74). The highest BCUT2D eigenvalue weighted by Gasteiger charge is 2.35. The molecule has 0 amide bonds. The summed E-state index contributed by atoms with van der Waals surface area (Å²) >= 11 is 2.87. The minimum atomic E-state index is -1.24. The van der Waals surface area contributed by atoms with Crippen molar-refractivity contribution in [2.24, 2.45) is 0 Å². The molecule has 0 radical (unpaired) electrons. The molecule has 9 heteroatoms. The molecule has 0 fully saturated rings. The summed E-state index contributed by atoms with van der Waals surface area (Å²) in [6, 6.07) is 68.5. The van der Waals surface area contributed by atoms with Crippen molar-refractivity contribution in [3.8, 4) is 44.1 Å². The molecule has 0 unspecified atom stereocenters. The van der Waals surface area contributed by atoms with E-state index in [-0.39, 0.29) is 16.6 Å². The van der Waals surface area contributed by atoms with Crippen molar-refractivity contribution in [1.29, 1.82) is 10.5 Å². The number of hydrogen-bond acceptors (Lipinski definition) is 7. The van der Waals surface area contributed by atoms with E-state index in [0.29, 0.717) is 9.75 Å². The van der Waals surface area contributed by atoms with Gasteiger partial charge in [0.25, 0.3) is 0 Å². The number of fused-ring (bicyclic) bond motifs is 3. The van der Waals surface area contributed by atoms with Gasteiger partial charge in [-0.3, -0.25) is 0 Å².